The molecule has 49 heavy (non-hydrogen) atoms. The summed E-state index contributed by atoms with van der Waals surface area (Å²) in [4.78, 5) is 24.6. The van der Waals surface area contributed by atoms with Gasteiger partial charge in [0.05, 0.1) is 34.2 Å². The summed E-state index contributed by atoms with van der Waals surface area (Å²) in [6.07, 6.45) is 5.78. The summed E-state index contributed by atoms with van der Waals surface area (Å²) in [5.41, 5.74) is 11.3. The average Bonchev–Trinajstić information content (AvgIpc) is 3.19. The number of allylic oxidation sites excluding steroid dienone is 3. The van der Waals surface area contributed by atoms with Crippen molar-refractivity contribution in [1.29, 1.82) is 0 Å². The van der Waals surface area contributed by atoms with Gasteiger partial charge in [-0.15, -0.1) is 0 Å². The van der Waals surface area contributed by atoms with Gasteiger partial charge < -0.3 is 0 Å². The SMILES string of the molecule is C=N/C(=C(\C=C/C)c1cc(-c2cccc(-c3ccccc3)c2)nc(-c2ccccc2)n1)c1cc(-c2ccccc2)cc(-c2ccccn2)n1. The highest BCUT2D eigenvalue weighted by atomic mass is 14.9. The van der Waals surface area contributed by atoms with Gasteiger partial charge in [0, 0.05) is 22.9 Å². The van der Waals surface area contributed by atoms with Crippen LogP contribution in [0.1, 0.15) is 18.3 Å². The predicted molar refractivity (Wildman–Crippen MR) is 202 cm³/mol. The third kappa shape index (κ3) is 6.92. The van der Waals surface area contributed by atoms with Gasteiger partial charge >= 0.3 is 0 Å². The van der Waals surface area contributed by atoms with Gasteiger partial charge in [-0.25, -0.2) is 15.0 Å². The molecule has 0 saturated heterocycles. The van der Waals surface area contributed by atoms with Crippen LogP contribution in [0.4, 0.5) is 0 Å². The van der Waals surface area contributed by atoms with E-state index in [0.29, 0.717) is 22.9 Å². The first-order valence-electron chi connectivity index (χ1n) is 16.1. The molecule has 7 rings (SSSR count). The zero-order valence-corrected chi connectivity index (χ0v) is 27.1. The van der Waals surface area contributed by atoms with E-state index < -0.39 is 0 Å². The molecule has 0 N–H and O–H groups in total. The number of aliphatic imine (C=N–C) groups is 1. The summed E-state index contributed by atoms with van der Waals surface area (Å²) in [5.74, 6) is 0.615. The molecule has 0 aliphatic rings. The fourth-order valence-corrected chi connectivity index (χ4v) is 5.79. The zero-order valence-electron chi connectivity index (χ0n) is 27.1. The number of hydrogen-bond donors (Lipinski definition) is 0. The molecule has 5 nitrogen and oxygen atoms in total. The second-order valence-corrected chi connectivity index (χ2v) is 11.4. The minimum absolute atomic E-state index is 0.606. The van der Waals surface area contributed by atoms with Crippen LogP contribution < -0.4 is 0 Å². The van der Waals surface area contributed by atoms with Crippen LogP contribution in [0, 0.1) is 0 Å². The summed E-state index contributed by atoms with van der Waals surface area (Å²) >= 11 is 0. The lowest BCUT2D eigenvalue weighted by Crippen LogP contribution is -2.01. The molecular formula is C44H33N5. The molecule has 0 aliphatic carbocycles. The van der Waals surface area contributed by atoms with E-state index >= 15 is 0 Å². The molecule has 5 heteroatoms. The van der Waals surface area contributed by atoms with Gasteiger partial charge in [0.2, 0.25) is 0 Å². The Kier molecular flexibility index (Phi) is 9.15. The Balaban J connectivity index is 1.46. The van der Waals surface area contributed by atoms with Crippen LogP contribution >= 0.6 is 0 Å². The molecule has 3 aromatic heterocycles. The van der Waals surface area contributed by atoms with E-state index in [2.05, 4.69) is 89.5 Å². The number of rotatable bonds is 9. The summed E-state index contributed by atoms with van der Waals surface area (Å²) in [5, 5.41) is 0. The molecule has 0 radical (unpaired) electrons. The van der Waals surface area contributed by atoms with Gasteiger partial charge in [-0.05, 0) is 72.3 Å². The fourth-order valence-electron chi connectivity index (χ4n) is 5.79. The summed E-state index contributed by atoms with van der Waals surface area (Å²) in [6.45, 7) is 6.02. The molecule has 7 aromatic rings. The number of pyridine rings is 2. The van der Waals surface area contributed by atoms with E-state index in [9.17, 15) is 0 Å². The maximum Gasteiger partial charge on any atom is 0.160 e. The third-order valence-electron chi connectivity index (χ3n) is 8.15. The van der Waals surface area contributed by atoms with E-state index in [1.54, 1.807) is 6.20 Å². The van der Waals surface area contributed by atoms with Gasteiger partial charge in [0.1, 0.15) is 0 Å². The van der Waals surface area contributed by atoms with Gasteiger partial charge in [-0.2, -0.15) is 0 Å². The van der Waals surface area contributed by atoms with Crippen molar-refractivity contribution >= 4 is 18.0 Å². The molecule has 4 aromatic carbocycles. The Morgan fingerprint density at radius 1 is 0.510 bits per heavy atom. The van der Waals surface area contributed by atoms with Crippen molar-refractivity contribution in [3.63, 3.8) is 0 Å². The molecule has 0 aliphatic heterocycles. The van der Waals surface area contributed by atoms with Crippen LogP contribution in [0.5, 0.6) is 0 Å². The van der Waals surface area contributed by atoms with Crippen LogP contribution in [0.3, 0.4) is 0 Å². The fraction of sp³-hybridized carbons (Fsp3) is 0.0227. The first-order valence-corrected chi connectivity index (χ1v) is 16.1. The quantitative estimate of drug-likeness (QED) is 0.117. The first-order chi connectivity index (χ1) is 24.2. The first kappa shape index (κ1) is 31.0. The highest BCUT2D eigenvalue weighted by Crippen LogP contribution is 2.35. The van der Waals surface area contributed by atoms with E-state index in [1.807, 2.05) is 97.9 Å². The predicted octanol–water partition coefficient (Wildman–Crippen LogP) is 10.7. The highest BCUT2D eigenvalue weighted by Gasteiger charge is 2.18. The molecule has 3 heterocycles. The Bertz CT molecular complexity index is 2220. The van der Waals surface area contributed by atoms with Gasteiger partial charge in [0.15, 0.2) is 5.82 Å². The molecule has 234 valence electrons. The Labute approximate surface area is 286 Å². The molecule has 0 bridgehead atoms. The van der Waals surface area contributed by atoms with E-state index in [-0.39, 0.29) is 0 Å². The molecular weight excluding hydrogens is 599 g/mol. The Morgan fingerprint density at radius 3 is 1.80 bits per heavy atom. The molecule has 0 atom stereocenters. The van der Waals surface area contributed by atoms with Crippen LogP contribution in [0.15, 0.2) is 175 Å². The van der Waals surface area contributed by atoms with Gasteiger partial charge in [-0.3, -0.25) is 9.98 Å². The van der Waals surface area contributed by atoms with Crippen LogP contribution in [0.25, 0.3) is 67.6 Å². The van der Waals surface area contributed by atoms with Crippen molar-refractivity contribution in [2.45, 2.75) is 6.92 Å². The number of benzene rings is 4. The standard InChI is InChI=1S/C44H33N5/c1-3-16-37(43(45-2)42-29-36(32-19-9-5-10-20-32)28-41(47-42)38-25-13-14-26-46-38)40-30-39(48-44(49-40)33-21-11-6-12-22-33)35-24-15-23-34(27-35)31-17-7-4-8-18-31/h3-30H,2H2,1H3/b16-3-,43-37+. The van der Waals surface area contributed by atoms with E-state index in [1.165, 1.54) is 0 Å². The normalized spacial score (nSPS) is 11.7. The number of hydrogen-bond acceptors (Lipinski definition) is 5. The van der Waals surface area contributed by atoms with Crippen LogP contribution in [0.2, 0.25) is 0 Å². The van der Waals surface area contributed by atoms with Gasteiger partial charge in [0.25, 0.3) is 0 Å². The summed E-state index contributed by atoms with van der Waals surface area (Å²) < 4.78 is 0. The number of nitrogens with zero attached hydrogens (tertiary/aromatic N) is 5. The molecule has 0 spiro atoms. The molecule has 0 unspecified atom stereocenters. The number of aromatic nitrogens is 4. The van der Waals surface area contributed by atoms with Crippen molar-refractivity contribution in [2.75, 3.05) is 0 Å². The van der Waals surface area contributed by atoms with Crippen molar-refractivity contribution in [3.05, 3.63) is 181 Å². The lowest BCUT2D eigenvalue weighted by molar-refractivity contribution is 1.15. The van der Waals surface area contributed by atoms with Gasteiger partial charge in [-0.1, -0.05) is 127 Å². The van der Waals surface area contributed by atoms with Crippen molar-refractivity contribution in [3.8, 4) is 56.3 Å². The second kappa shape index (κ2) is 14.4. The largest absolute Gasteiger partial charge is 0.262 e. The molecule has 0 amide bonds. The molecule has 0 saturated carbocycles. The van der Waals surface area contributed by atoms with Crippen molar-refractivity contribution < 1.29 is 0 Å². The topological polar surface area (TPSA) is 63.9 Å². The third-order valence-corrected chi connectivity index (χ3v) is 8.15. The van der Waals surface area contributed by atoms with Crippen LogP contribution in [-0.2, 0) is 0 Å². The Morgan fingerprint density at radius 2 is 1.14 bits per heavy atom. The van der Waals surface area contributed by atoms with Crippen LogP contribution in [-0.4, -0.2) is 26.7 Å². The maximum absolute atomic E-state index is 5.14. The monoisotopic (exact) mass is 631 g/mol. The summed E-state index contributed by atoms with van der Waals surface area (Å²) in [6, 6.07) is 51.1. The lowest BCUT2D eigenvalue weighted by atomic mass is 9.98. The smallest absolute Gasteiger partial charge is 0.160 e. The average molecular weight is 632 g/mol. The maximum atomic E-state index is 5.14. The minimum atomic E-state index is 0.606. The zero-order chi connectivity index (χ0) is 33.4. The van der Waals surface area contributed by atoms with Crippen molar-refractivity contribution in [2.24, 2.45) is 4.99 Å². The van der Waals surface area contributed by atoms with E-state index in [4.69, 9.17) is 15.0 Å². The molecule has 0 fully saturated rings. The van der Waals surface area contributed by atoms with Crippen molar-refractivity contribution in [1.82, 2.24) is 19.9 Å². The second-order valence-electron chi connectivity index (χ2n) is 11.4. The lowest BCUT2D eigenvalue weighted by Gasteiger charge is -2.14. The highest BCUT2D eigenvalue weighted by molar-refractivity contribution is 5.96. The van der Waals surface area contributed by atoms with E-state index in [0.717, 1.165) is 56.0 Å². The Hall–Kier alpha value is -6.59. The summed E-state index contributed by atoms with van der Waals surface area (Å²) in [7, 11) is 0. The minimum Gasteiger partial charge on any atom is -0.262 e.